The molecule has 0 heterocycles. The molecule has 176 valence electrons. The molecule has 1 aliphatic carbocycles. The number of ether oxygens (including phenoxy) is 2. The minimum Gasteiger partial charge on any atom is -0.480 e. The lowest BCUT2D eigenvalue weighted by atomic mass is 9.88. The third-order valence-electron chi connectivity index (χ3n) is 5.74. The predicted molar refractivity (Wildman–Crippen MR) is 123 cm³/mol. The summed E-state index contributed by atoms with van der Waals surface area (Å²) in [4.78, 5) is 35.0. The van der Waals surface area contributed by atoms with Crippen molar-refractivity contribution in [1.82, 2.24) is 10.6 Å². The van der Waals surface area contributed by atoms with Crippen LogP contribution in [0.5, 0.6) is 0 Å². The van der Waals surface area contributed by atoms with E-state index in [1.54, 1.807) is 13.8 Å². The number of carboxylic acid groups (broad SMARTS) is 1. The molecule has 1 aliphatic rings. The Bertz CT molecular complexity index is 958. The third-order valence-corrected chi connectivity index (χ3v) is 5.74. The van der Waals surface area contributed by atoms with Crippen molar-refractivity contribution >= 4 is 18.0 Å². The molecule has 8 heteroatoms. The van der Waals surface area contributed by atoms with Crippen molar-refractivity contribution < 1.29 is 29.0 Å². The van der Waals surface area contributed by atoms with E-state index in [9.17, 15) is 14.4 Å². The lowest BCUT2D eigenvalue weighted by Gasteiger charge is -2.23. The van der Waals surface area contributed by atoms with Gasteiger partial charge in [-0.2, -0.15) is 0 Å². The summed E-state index contributed by atoms with van der Waals surface area (Å²) in [6, 6.07) is 16.3. The number of carbonyl (C=O) groups is 3. The molecule has 2 aromatic carbocycles. The maximum atomic E-state index is 12.3. The molecule has 8 nitrogen and oxygen atoms in total. The molecule has 0 fully saturated rings. The summed E-state index contributed by atoms with van der Waals surface area (Å²) in [5, 5.41) is 14.0. The monoisotopic (exact) mass is 454 g/mol. The van der Waals surface area contributed by atoms with Gasteiger partial charge in [0.1, 0.15) is 13.2 Å². The molecular formula is C25H30N2O6. The molecule has 0 bridgehead atoms. The third kappa shape index (κ3) is 6.32. The molecule has 0 unspecified atom stereocenters. The summed E-state index contributed by atoms with van der Waals surface area (Å²) in [6.45, 7) is 4.01. The van der Waals surface area contributed by atoms with Crippen molar-refractivity contribution in [2.24, 2.45) is 5.41 Å². The van der Waals surface area contributed by atoms with E-state index < -0.39 is 24.1 Å². The fourth-order valence-electron chi connectivity index (χ4n) is 3.88. The van der Waals surface area contributed by atoms with E-state index in [2.05, 4.69) is 34.9 Å². The number of alkyl carbamates (subject to hydrolysis) is 1. The van der Waals surface area contributed by atoms with E-state index in [1.807, 2.05) is 24.3 Å². The Morgan fingerprint density at radius 3 is 2.15 bits per heavy atom. The Hall–Kier alpha value is -3.39. The zero-order chi connectivity index (χ0) is 23.8. The number of fused-ring (bicyclic) bond motifs is 3. The van der Waals surface area contributed by atoms with Crippen LogP contribution in [0.4, 0.5) is 4.79 Å². The highest BCUT2D eigenvalue weighted by molar-refractivity contribution is 5.82. The van der Waals surface area contributed by atoms with Crippen LogP contribution in [0, 0.1) is 5.41 Å². The second-order valence-corrected chi connectivity index (χ2v) is 8.59. The Balaban J connectivity index is 1.42. The number of carboxylic acids is 1. The van der Waals surface area contributed by atoms with E-state index in [0.29, 0.717) is 6.42 Å². The summed E-state index contributed by atoms with van der Waals surface area (Å²) in [5.41, 5.74) is 3.92. The second-order valence-electron chi connectivity index (χ2n) is 8.59. The molecule has 3 rings (SSSR count). The van der Waals surface area contributed by atoms with Crippen LogP contribution in [0.1, 0.15) is 37.3 Å². The predicted octanol–water partition coefficient (Wildman–Crippen LogP) is 3.16. The normalized spacial score (nSPS) is 12.5. The fraction of sp³-hybridized carbons (Fsp3) is 0.400. The maximum Gasteiger partial charge on any atom is 0.407 e. The minimum absolute atomic E-state index is 0.00582. The number of hydrogen-bond acceptors (Lipinski definition) is 5. The molecule has 0 saturated heterocycles. The summed E-state index contributed by atoms with van der Waals surface area (Å²) in [7, 11) is 0. The van der Waals surface area contributed by atoms with Crippen molar-refractivity contribution in [1.29, 1.82) is 0 Å². The molecule has 0 radical (unpaired) electrons. The molecule has 33 heavy (non-hydrogen) atoms. The number of amides is 2. The highest BCUT2D eigenvalue weighted by Gasteiger charge is 2.30. The number of hydrogen-bond donors (Lipinski definition) is 3. The van der Waals surface area contributed by atoms with Crippen molar-refractivity contribution in [3.8, 4) is 11.1 Å². The first-order valence-corrected chi connectivity index (χ1v) is 11.0. The van der Waals surface area contributed by atoms with Crippen molar-refractivity contribution in [2.75, 3.05) is 32.9 Å². The van der Waals surface area contributed by atoms with Gasteiger partial charge in [-0.25, -0.2) is 9.59 Å². The first kappa shape index (κ1) is 24.3. The Kier molecular flexibility index (Phi) is 8.06. The first-order chi connectivity index (χ1) is 15.8. The summed E-state index contributed by atoms with van der Waals surface area (Å²) >= 11 is 0. The molecule has 2 aromatic rings. The average Bonchev–Trinajstić information content (AvgIpc) is 3.11. The van der Waals surface area contributed by atoms with Crippen molar-refractivity contribution in [2.45, 2.75) is 26.2 Å². The van der Waals surface area contributed by atoms with Crippen LogP contribution in [0.3, 0.4) is 0 Å². The fourth-order valence-corrected chi connectivity index (χ4v) is 3.88. The lowest BCUT2D eigenvalue weighted by molar-refractivity contribution is -0.142. The number of aliphatic carboxylic acids is 1. The van der Waals surface area contributed by atoms with Gasteiger partial charge >= 0.3 is 12.1 Å². The van der Waals surface area contributed by atoms with Gasteiger partial charge in [0, 0.05) is 24.4 Å². The molecule has 3 N–H and O–H groups in total. The largest absolute Gasteiger partial charge is 0.480 e. The van der Waals surface area contributed by atoms with Gasteiger partial charge < -0.3 is 25.2 Å². The summed E-state index contributed by atoms with van der Waals surface area (Å²) in [6.07, 6.45) is -0.103. The number of rotatable bonds is 11. The molecule has 2 amide bonds. The smallest absolute Gasteiger partial charge is 0.407 e. The van der Waals surface area contributed by atoms with Crippen LogP contribution < -0.4 is 10.6 Å². The van der Waals surface area contributed by atoms with Gasteiger partial charge in [0.25, 0.3) is 0 Å². The van der Waals surface area contributed by atoms with Gasteiger partial charge in [0.15, 0.2) is 0 Å². The van der Waals surface area contributed by atoms with Gasteiger partial charge in [-0.1, -0.05) is 62.4 Å². The van der Waals surface area contributed by atoms with Crippen LogP contribution in [0.15, 0.2) is 48.5 Å². The van der Waals surface area contributed by atoms with Gasteiger partial charge in [-0.15, -0.1) is 0 Å². The van der Waals surface area contributed by atoms with E-state index in [0.717, 1.165) is 11.1 Å². The minimum atomic E-state index is -1.05. The standard InChI is InChI=1S/C25H30N2O6/c1-25(2,23(30)26-13-14-32-16-22(28)29)11-12-27-24(31)33-15-21-19-9-5-3-7-17(19)18-8-4-6-10-20(18)21/h3-10,21H,11-16H2,1-2H3,(H,26,30)(H,27,31)(H,28,29). The maximum absolute atomic E-state index is 12.3. The number of benzene rings is 2. The van der Waals surface area contributed by atoms with E-state index >= 15 is 0 Å². The topological polar surface area (TPSA) is 114 Å². The quantitative estimate of drug-likeness (QED) is 0.450. The molecule has 0 aromatic heterocycles. The Labute approximate surface area is 193 Å². The van der Waals surface area contributed by atoms with Gasteiger partial charge in [-0.3, -0.25) is 4.79 Å². The van der Waals surface area contributed by atoms with Crippen LogP contribution >= 0.6 is 0 Å². The van der Waals surface area contributed by atoms with E-state index in [1.165, 1.54) is 11.1 Å². The van der Waals surface area contributed by atoms with Gasteiger partial charge in [0.2, 0.25) is 5.91 Å². The van der Waals surface area contributed by atoms with E-state index in [-0.39, 0.29) is 38.1 Å². The van der Waals surface area contributed by atoms with Crippen LogP contribution in [0.2, 0.25) is 0 Å². The average molecular weight is 455 g/mol. The first-order valence-electron chi connectivity index (χ1n) is 11.0. The molecule has 0 atom stereocenters. The molecule has 0 spiro atoms. The van der Waals surface area contributed by atoms with Crippen molar-refractivity contribution in [3.63, 3.8) is 0 Å². The van der Waals surface area contributed by atoms with Gasteiger partial charge in [0.05, 0.1) is 6.61 Å². The molecule has 0 saturated carbocycles. The van der Waals surface area contributed by atoms with Crippen LogP contribution in [0.25, 0.3) is 11.1 Å². The molecule has 0 aliphatic heterocycles. The van der Waals surface area contributed by atoms with E-state index in [4.69, 9.17) is 14.6 Å². The second kappa shape index (κ2) is 11.0. The van der Waals surface area contributed by atoms with Crippen molar-refractivity contribution in [3.05, 3.63) is 59.7 Å². The number of nitrogens with one attached hydrogen (secondary N) is 2. The Morgan fingerprint density at radius 2 is 1.55 bits per heavy atom. The lowest BCUT2D eigenvalue weighted by Crippen LogP contribution is -2.41. The SMILES string of the molecule is CC(C)(CCNC(=O)OCC1c2ccccc2-c2ccccc21)C(=O)NCCOCC(=O)O. The summed E-state index contributed by atoms with van der Waals surface area (Å²) < 4.78 is 10.4. The van der Waals surface area contributed by atoms with Gasteiger partial charge in [-0.05, 0) is 28.7 Å². The van der Waals surface area contributed by atoms with Crippen LogP contribution in [-0.4, -0.2) is 56.0 Å². The highest BCUT2D eigenvalue weighted by Crippen LogP contribution is 2.44. The Morgan fingerprint density at radius 1 is 0.939 bits per heavy atom. The highest BCUT2D eigenvalue weighted by atomic mass is 16.5. The van der Waals surface area contributed by atoms with Crippen LogP contribution in [-0.2, 0) is 19.1 Å². The zero-order valence-corrected chi connectivity index (χ0v) is 18.9. The zero-order valence-electron chi connectivity index (χ0n) is 18.9. The molecular weight excluding hydrogens is 424 g/mol. The number of carbonyl (C=O) groups excluding carboxylic acids is 2. The summed E-state index contributed by atoms with van der Waals surface area (Å²) in [5.74, 6) is -1.26.